The molecule has 1 aromatic rings. The molecule has 0 atom stereocenters. The molecule has 132 valence electrons. The van der Waals surface area contributed by atoms with Crippen molar-refractivity contribution in [2.75, 3.05) is 25.9 Å². The first-order valence-electron chi connectivity index (χ1n) is 7.62. The highest BCUT2D eigenvalue weighted by Crippen LogP contribution is 2.06. The second-order valence-corrected chi connectivity index (χ2v) is 7.89. The Balaban J connectivity index is 0.00000484. The minimum atomic E-state index is -3.07. The Kier molecular flexibility index (Phi) is 11.2. The van der Waals surface area contributed by atoms with E-state index in [0.29, 0.717) is 24.8 Å². The van der Waals surface area contributed by atoms with Crippen LogP contribution in [0, 0.1) is 5.92 Å². The summed E-state index contributed by atoms with van der Waals surface area (Å²) < 4.78 is 24.1. The van der Waals surface area contributed by atoms with Crippen molar-refractivity contribution in [3.63, 3.8) is 0 Å². The van der Waals surface area contributed by atoms with Gasteiger partial charge in [0.15, 0.2) is 15.8 Å². The molecule has 0 bridgehead atoms. The van der Waals surface area contributed by atoms with Crippen molar-refractivity contribution in [1.29, 1.82) is 0 Å². The fraction of sp³-hybridized carbons (Fsp3) is 0.562. The molecule has 0 aliphatic rings. The van der Waals surface area contributed by atoms with Gasteiger partial charge in [0.1, 0.15) is 0 Å². The summed E-state index contributed by atoms with van der Waals surface area (Å²) in [6, 6.07) is 9.28. The molecule has 0 saturated heterocycles. The zero-order valence-corrected chi connectivity index (χ0v) is 17.2. The van der Waals surface area contributed by atoms with Gasteiger partial charge in [0, 0.05) is 20.1 Å². The van der Waals surface area contributed by atoms with Crippen molar-refractivity contribution < 1.29 is 8.42 Å². The summed E-state index contributed by atoms with van der Waals surface area (Å²) in [7, 11) is -1.36. The number of aliphatic imine (C=N–C) groups is 1. The largest absolute Gasteiger partial charge is 0.356 e. The highest BCUT2D eigenvalue weighted by molar-refractivity contribution is 14.0. The Bertz CT molecular complexity index is 560. The van der Waals surface area contributed by atoms with Crippen LogP contribution in [0.25, 0.3) is 0 Å². The van der Waals surface area contributed by atoms with E-state index < -0.39 is 9.84 Å². The first kappa shape index (κ1) is 22.2. The van der Waals surface area contributed by atoms with Crippen LogP contribution in [0.3, 0.4) is 0 Å². The maximum atomic E-state index is 12.1. The molecule has 0 amide bonds. The molecule has 0 heterocycles. The van der Waals surface area contributed by atoms with Crippen molar-refractivity contribution in [1.82, 2.24) is 10.6 Å². The van der Waals surface area contributed by atoms with Crippen LogP contribution in [0.5, 0.6) is 0 Å². The van der Waals surface area contributed by atoms with Gasteiger partial charge in [-0.15, -0.1) is 24.0 Å². The van der Waals surface area contributed by atoms with Crippen molar-refractivity contribution in [3.8, 4) is 0 Å². The normalized spacial score (nSPS) is 11.9. The van der Waals surface area contributed by atoms with E-state index in [1.165, 1.54) is 0 Å². The number of guanidine groups is 1. The van der Waals surface area contributed by atoms with Crippen molar-refractivity contribution in [2.45, 2.75) is 26.0 Å². The van der Waals surface area contributed by atoms with E-state index in [1.807, 2.05) is 30.3 Å². The molecule has 0 saturated carbocycles. The molecule has 0 aliphatic carbocycles. The lowest BCUT2D eigenvalue weighted by Gasteiger charge is -2.13. The average Bonchev–Trinajstić information content (AvgIpc) is 2.47. The van der Waals surface area contributed by atoms with E-state index >= 15 is 0 Å². The van der Waals surface area contributed by atoms with Gasteiger partial charge in [-0.25, -0.2) is 8.42 Å². The maximum absolute atomic E-state index is 12.1. The SMILES string of the molecule is CN=C(NCCCS(=O)(=O)Cc1ccccc1)NCC(C)C.I. The zero-order valence-electron chi connectivity index (χ0n) is 14.1. The molecule has 7 heteroatoms. The van der Waals surface area contributed by atoms with E-state index in [9.17, 15) is 8.42 Å². The molecule has 0 unspecified atom stereocenters. The van der Waals surface area contributed by atoms with Gasteiger partial charge < -0.3 is 10.6 Å². The third-order valence-electron chi connectivity index (χ3n) is 3.06. The lowest BCUT2D eigenvalue weighted by atomic mass is 10.2. The quantitative estimate of drug-likeness (QED) is 0.275. The fourth-order valence-electron chi connectivity index (χ4n) is 1.92. The summed E-state index contributed by atoms with van der Waals surface area (Å²) in [4.78, 5) is 4.11. The summed E-state index contributed by atoms with van der Waals surface area (Å²) in [6.45, 7) is 5.67. The van der Waals surface area contributed by atoms with Crippen LogP contribution < -0.4 is 10.6 Å². The van der Waals surface area contributed by atoms with Gasteiger partial charge in [-0.2, -0.15) is 0 Å². The maximum Gasteiger partial charge on any atom is 0.190 e. The van der Waals surface area contributed by atoms with Crippen LogP contribution >= 0.6 is 24.0 Å². The number of rotatable bonds is 8. The minimum Gasteiger partial charge on any atom is -0.356 e. The van der Waals surface area contributed by atoms with E-state index in [0.717, 1.165) is 12.1 Å². The molecule has 0 radical (unpaired) electrons. The number of sulfone groups is 1. The summed E-state index contributed by atoms with van der Waals surface area (Å²) in [5, 5.41) is 6.33. The summed E-state index contributed by atoms with van der Waals surface area (Å²) in [5.74, 6) is 1.53. The fourth-order valence-corrected chi connectivity index (χ4v) is 3.35. The van der Waals surface area contributed by atoms with Gasteiger partial charge in [0.25, 0.3) is 0 Å². The number of nitrogens with one attached hydrogen (secondary N) is 2. The monoisotopic (exact) mass is 453 g/mol. The van der Waals surface area contributed by atoms with Crippen molar-refractivity contribution in [3.05, 3.63) is 35.9 Å². The summed E-state index contributed by atoms with van der Waals surface area (Å²) >= 11 is 0. The van der Waals surface area contributed by atoms with Crippen LogP contribution in [-0.4, -0.2) is 40.3 Å². The van der Waals surface area contributed by atoms with Gasteiger partial charge in [-0.05, 0) is 17.9 Å². The van der Waals surface area contributed by atoms with Gasteiger partial charge in [0.2, 0.25) is 0 Å². The van der Waals surface area contributed by atoms with Gasteiger partial charge >= 0.3 is 0 Å². The molecule has 2 N–H and O–H groups in total. The van der Waals surface area contributed by atoms with Crippen LogP contribution in [-0.2, 0) is 15.6 Å². The highest BCUT2D eigenvalue weighted by Gasteiger charge is 2.11. The molecule has 0 aliphatic heterocycles. The molecule has 0 spiro atoms. The van der Waals surface area contributed by atoms with E-state index in [2.05, 4.69) is 29.5 Å². The average molecular weight is 453 g/mol. The van der Waals surface area contributed by atoms with Crippen molar-refractivity contribution >= 4 is 39.8 Å². The smallest absolute Gasteiger partial charge is 0.190 e. The molecule has 1 rings (SSSR count). The Morgan fingerprint density at radius 2 is 1.83 bits per heavy atom. The lowest BCUT2D eigenvalue weighted by Crippen LogP contribution is -2.39. The number of nitrogens with zero attached hydrogens (tertiary/aromatic N) is 1. The van der Waals surface area contributed by atoms with Crippen LogP contribution in [0.15, 0.2) is 35.3 Å². The second-order valence-electron chi connectivity index (χ2n) is 5.70. The predicted molar refractivity (Wildman–Crippen MR) is 108 cm³/mol. The Morgan fingerprint density at radius 1 is 1.17 bits per heavy atom. The first-order chi connectivity index (χ1) is 10.4. The Hall–Kier alpha value is -0.830. The molecule has 23 heavy (non-hydrogen) atoms. The van der Waals surface area contributed by atoms with E-state index in [-0.39, 0.29) is 35.5 Å². The standard InChI is InChI=1S/C16H27N3O2S.HI/c1-14(2)12-19-16(17-3)18-10-7-11-22(20,21)13-15-8-5-4-6-9-15;/h4-6,8-9,14H,7,10-13H2,1-3H3,(H2,17,18,19);1H. The highest BCUT2D eigenvalue weighted by atomic mass is 127. The number of halogens is 1. The van der Waals surface area contributed by atoms with Gasteiger partial charge in [-0.1, -0.05) is 44.2 Å². The topological polar surface area (TPSA) is 70.6 Å². The molecule has 0 fully saturated rings. The van der Waals surface area contributed by atoms with Crippen LogP contribution in [0.2, 0.25) is 0 Å². The molecular formula is C16H28IN3O2S. The lowest BCUT2D eigenvalue weighted by molar-refractivity contribution is 0.590. The zero-order chi connectivity index (χ0) is 16.4. The predicted octanol–water partition coefficient (Wildman–Crippen LogP) is 2.43. The van der Waals surface area contributed by atoms with Crippen LogP contribution in [0.4, 0.5) is 0 Å². The molecular weight excluding hydrogens is 425 g/mol. The summed E-state index contributed by atoms with van der Waals surface area (Å²) in [6.07, 6.45) is 0.567. The first-order valence-corrected chi connectivity index (χ1v) is 9.44. The van der Waals surface area contributed by atoms with Crippen molar-refractivity contribution in [2.24, 2.45) is 10.9 Å². The minimum absolute atomic E-state index is 0. The number of benzene rings is 1. The van der Waals surface area contributed by atoms with Gasteiger partial charge in [-0.3, -0.25) is 4.99 Å². The van der Waals surface area contributed by atoms with Gasteiger partial charge in [0.05, 0.1) is 11.5 Å². The van der Waals surface area contributed by atoms with E-state index in [1.54, 1.807) is 7.05 Å². The third kappa shape index (κ3) is 10.5. The Labute approximate surface area is 157 Å². The van der Waals surface area contributed by atoms with E-state index in [4.69, 9.17) is 0 Å². The molecule has 5 nitrogen and oxygen atoms in total. The molecule has 0 aromatic heterocycles. The third-order valence-corrected chi connectivity index (χ3v) is 4.74. The number of hydrogen-bond acceptors (Lipinski definition) is 3. The molecule has 1 aromatic carbocycles. The Morgan fingerprint density at radius 3 is 2.39 bits per heavy atom. The second kappa shape index (κ2) is 11.7. The number of hydrogen-bond donors (Lipinski definition) is 2. The van der Waals surface area contributed by atoms with Crippen LogP contribution in [0.1, 0.15) is 25.8 Å². The summed E-state index contributed by atoms with van der Waals surface area (Å²) in [5.41, 5.74) is 0.838.